The number of rotatable bonds is 6. The number of hydrogen-bond acceptors (Lipinski definition) is 2. The van der Waals surface area contributed by atoms with Crippen LogP contribution in [-0.4, -0.2) is 28.8 Å². The van der Waals surface area contributed by atoms with Crippen molar-refractivity contribution in [2.75, 3.05) is 13.1 Å². The van der Waals surface area contributed by atoms with Crippen molar-refractivity contribution in [3.05, 3.63) is 53.9 Å². The van der Waals surface area contributed by atoms with E-state index in [2.05, 4.69) is 65.8 Å². The molecule has 1 aromatic heterocycles. The van der Waals surface area contributed by atoms with Crippen LogP contribution in [0.3, 0.4) is 0 Å². The molecule has 2 rings (SSSR count). The standard InChI is InChI=1S/C18H27N5/c1-5-19-17(20-11-15-12-22-23(4)13-15)21-14-18(2,3)16-9-7-6-8-10-16/h6-10,12-13H,5,11,14H2,1-4H3,(H2,19,20,21). The Bertz CT molecular complexity index is 628. The Labute approximate surface area is 138 Å². The second-order valence-electron chi connectivity index (χ2n) is 6.32. The molecule has 2 N–H and O–H groups in total. The monoisotopic (exact) mass is 313 g/mol. The molecule has 0 bridgehead atoms. The number of aliphatic imine (C=N–C) groups is 1. The molecule has 0 amide bonds. The summed E-state index contributed by atoms with van der Waals surface area (Å²) in [6.07, 6.45) is 3.84. The van der Waals surface area contributed by atoms with Gasteiger partial charge < -0.3 is 10.6 Å². The summed E-state index contributed by atoms with van der Waals surface area (Å²) >= 11 is 0. The fourth-order valence-corrected chi connectivity index (χ4v) is 2.36. The van der Waals surface area contributed by atoms with Crippen molar-refractivity contribution in [3.8, 4) is 0 Å². The number of benzene rings is 1. The zero-order chi connectivity index (χ0) is 16.7. The summed E-state index contributed by atoms with van der Waals surface area (Å²) in [6, 6.07) is 10.5. The van der Waals surface area contributed by atoms with E-state index in [1.54, 1.807) is 4.68 Å². The molecule has 2 aromatic rings. The Balaban J connectivity index is 1.98. The lowest BCUT2D eigenvalue weighted by Gasteiger charge is -2.26. The Morgan fingerprint density at radius 1 is 1.22 bits per heavy atom. The van der Waals surface area contributed by atoms with Gasteiger partial charge in [-0.1, -0.05) is 44.2 Å². The minimum atomic E-state index is 0.0335. The number of aryl methyl sites for hydroxylation is 1. The van der Waals surface area contributed by atoms with Crippen LogP contribution in [0.25, 0.3) is 0 Å². The maximum atomic E-state index is 4.63. The summed E-state index contributed by atoms with van der Waals surface area (Å²) in [5.74, 6) is 0.834. The lowest BCUT2D eigenvalue weighted by Crippen LogP contribution is -2.43. The average Bonchev–Trinajstić information content (AvgIpc) is 2.96. The van der Waals surface area contributed by atoms with Gasteiger partial charge >= 0.3 is 0 Å². The van der Waals surface area contributed by atoms with Crippen LogP contribution in [0.2, 0.25) is 0 Å². The van der Waals surface area contributed by atoms with Crippen LogP contribution < -0.4 is 10.6 Å². The predicted molar refractivity (Wildman–Crippen MR) is 95.5 cm³/mol. The summed E-state index contributed by atoms with van der Waals surface area (Å²) in [6.45, 7) is 8.82. The van der Waals surface area contributed by atoms with E-state index >= 15 is 0 Å². The quantitative estimate of drug-likeness (QED) is 0.636. The van der Waals surface area contributed by atoms with Gasteiger partial charge in [0.05, 0.1) is 12.7 Å². The highest BCUT2D eigenvalue weighted by Crippen LogP contribution is 2.21. The van der Waals surface area contributed by atoms with Crippen LogP contribution in [0.4, 0.5) is 0 Å². The van der Waals surface area contributed by atoms with Crippen molar-refractivity contribution >= 4 is 5.96 Å². The summed E-state index contributed by atoms with van der Waals surface area (Å²) in [5.41, 5.74) is 2.45. The minimum absolute atomic E-state index is 0.0335. The maximum absolute atomic E-state index is 4.63. The molecule has 0 aliphatic carbocycles. The van der Waals surface area contributed by atoms with Gasteiger partial charge in [0.15, 0.2) is 5.96 Å². The smallest absolute Gasteiger partial charge is 0.191 e. The first kappa shape index (κ1) is 17.1. The Morgan fingerprint density at radius 3 is 2.57 bits per heavy atom. The fourth-order valence-electron chi connectivity index (χ4n) is 2.36. The first-order valence-electron chi connectivity index (χ1n) is 8.06. The number of nitrogens with one attached hydrogen (secondary N) is 2. The molecule has 0 saturated carbocycles. The molecule has 0 aliphatic rings. The molecule has 0 saturated heterocycles. The molecule has 0 atom stereocenters. The molecule has 0 spiro atoms. The number of aromatic nitrogens is 2. The number of nitrogens with zero attached hydrogens (tertiary/aromatic N) is 3. The van der Waals surface area contributed by atoms with E-state index in [-0.39, 0.29) is 5.41 Å². The van der Waals surface area contributed by atoms with Gasteiger partial charge in [0.25, 0.3) is 0 Å². The van der Waals surface area contributed by atoms with E-state index in [0.717, 1.165) is 24.6 Å². The average molecular weight is 313 g/mol. The Kier molecular flexibility index (Phi) is 5.79. The highest BCUT2D eigenvalue weighted by Gasteiger charge is 2.20. The molecule has 0 unspecified atom stereocenters. The van der Waals surface area contributed by atoms with Gasteiger partial charge in [0.2, 0.25) is 0 Å². The topological polar surface area (TPSA) is 54.2 Å². The van der Waals surface area contributed by atoms with Crippen molar-refractivity contribution in [1.29, 1.82) is 0 Å². The lowest BCUT2D eigenvalue weighted by molar-refractivity contribution is 0.508. The Hall–Kier alpha value is -2.30. The molecule has 5 nitrogen and oxygen atoms in total. The summed E-state index contributed by atoms with van der Waals surface area (Å²) in [7, 11) is 1.92. The van der Waals surface area contributed by atoms with Crippen molar-refractivity contribution < 1.29 is 0 Å². The van der Waals surface area contributed by atoms with Crippen LogP contribution in [0, 0.1) is 0 Å². The molecule has 124 valence electrons. The third-order valence-corrected chi connectivity index (χ3v) is 3.78. The zero-order valence-corrected chi connectivity index (χ0v) is 14.5. The predicted octanol–water partition coefficient (Wildman–Crippen LogP) is 2.45. The van der Waals surface area contributed by atoms with Crippen LogP contribution >= 0.6 is 0 Å². The molecule has 0 fully saturated rings. The molecule has 0 aliphatic heterocycles. The van der Waals surface area contributed by atoms with Gasteiger partial charge in [-0.2, -0.15) is 5.10 Å². The molecular weight excluding hydrogens is 286 g/mol. The summed E-state index contributed by atoms with van der Waals surface area (Å²) < 4.78 is 1.80. The number of guanidine groups is 1. The van der Waals surface area contributed by atoms with Crippen LogP contribution in [-0.2, 0) is 19.0 Å². The van der Waals surface area contributed by atoms with Crippen molar-refractivity contribution in [1.82, 2.24) is 20.4 Å². The van der Waals surface area contributed by atoms with E-state index in [1.165, 1.54) is 5.56 Å². The first-order valence-corrected chi connectivity index (χ1v) is 8.06. The SMILES string of the molecule is CCNC(=NCc1cnn(C)c1)NCC(C)(C)c1ccccc1. The molecule has 1 aromatic carbocycles. The third-order valence-electron chi connectivity index (χ3n) is 3.78. The van der Waals surface area contributed by atoms with Gasteiger partial charge in [0.1, 0.15) is 0 Å². The molecule has 23 heavy (non-hydrogen) atoms. The van der Waals surface area contributed by atoms with Gasteiger partial charge in [-0.15, -0.1) is 0 Å². The van der Waals surface area contributed by atoms with Crippen molar-refractivity contribution in [2.24, 2.45) is 12.0 Å². The fraction of sp³-hybridized carbons (Fsp3) is 0.444. The third kappa shape index (κ3) is 5.13. The first-order chi connectivity index (χ1) is 11.0. The van der Waals surface area contributed by atoms with Crippen molar-refractivity contribution in [2.45, 2.75) is 32.7 Å². The second-order valence-corrected chi connectivity index (χ2v) is 6.32. The van der Waals surface area contributed by atoms with E-state index in [1.807, 2.05) is 25.5 Å². The molecular formula is C18H27N5. The minimum Gasteiger partial charge on any atom is -0.357 e. The second kappa shape index (κ2) is 7.81. The zero-order valence-electron chi connectivity index (χ0n) is 14.5. The van der Waals surface area contributed by atoms with Crippen LogP contribution in [0.15, 0.2) is 47.7 Å². The molecule has 0 radical (unpaired) electrons. The highest BCUT2D eigenvalue weighted by atomic mass is 15.2. The van der Waals surface area contributed by atoms with E-state index in [9.17, 15) is 0 Å². The van der Waals surface area contributed by atoms with Gasteiger partial charge in [0, 0.05) is 37.3 Å². The van der Waals surface area contributed by atoms with Gasteiger partial charge in [-0.25, -0.2) is 4.99 Å². The van der Waals surface area contributed by atoms with E-state index in [4.69, 9.17) is 0 Å². The van der Waals surface area contributed by atoms with E-state index < -0.39 is 0 Å². The van der Waals surface area contributed by atoms with Gasteiger partial charge in [-0.05, 0) is 12.5 Å². The number of hydrogen-bond donors (Lipinski definition) is 2. The largest absolute Gasteiger partial charge is 0.357 e. The van der Waals surface area contributed by atoms with Crippen molar-refractivity contribution in [3.63, 3.8) is 0 Å². The summed E-state index contributed by atoms with van der Waals surface area (Å²) in [5, 5.41) is 10.9. The molecule has 1 heterocycles. The molecule has 5 heteroatoms. The summed E-state index contributed by atoms with van der Waals surface area (Å²) in [4.78, 5) is 4.63. The highest BCUT2D eigenvalue weighted by molar-refractivity contribution is 5.79. The van der Waals surface area contributed by atoms with Gasteiger partial charge in [-0.3, -0.25) is 4.68 Å². The Morgan fingerprint density at radius 2 is 1.96 bits per heavy atom. The van der Waals surface area contributed by atoms with Crippen LogP contribution in [0.5, 0.6) is 0 Å². The normalized spacial score (nSPS) is 12.3. The lowest BCUT2D eigenvalue weighted by atomic mass is 9.85. The van der Waals surface area contributed by atoms with Crippen LogP contribution in [0.1, 0.15) is 31.9 Å². The van der Waals surface area contributed by atoms with E-state index in [0.29, 0.717) is 6.54 Å². The maximum Gasteiger partial charge on any atom is 0.191 e.